The van der Waals surface area contributed by atoms with Crippen LogP contribution in [0.15, 0.2) is 30.3 Å². The van der Waals surface area contributed by atoms with Gasteiger partial charge in [0.2, 0.25) is 0 Å². The lowest BCUT2D eigenvalue weighted by Crippen LogP contribution is -2.49. The van der Waals surface area contributed by atoms with Gasteiger partial charge in [0, 0.05) is 12.6 Å². The first-order chi connectivity index (χ1) is 8.24. The molecule has 1 aromatic carbocycles. The molecule has 1 aromatic rings. The standard InChI is InChI=1S/C13H18N2O2/c1-14-11-8-5-9-15(13(16)17)12(11)10-6-3-2-4-7-10/h2-4,6-7,11-12,14H,5,8-9H2,1H3,(H,16,17)/t11-,12-/m0/s1. The highest BCUT2D eigenvalue weighted by Crippen LogP contribution is 2.30. The smallest absolute Gasteiger partial charge is 0.407 e. The van der Waals surface area contributed by atoms with Gasteiger partial charge >= 0.3 is 6.09 Å². The van der Waals surface area contributed by atoms with Gasteiger partial charge in [-0.15, -0.1) is 0 Å². The van der Waals surface area contributed by atoms with Crippen LogP contribution in [0, 0.1) is 0 Å². The van der Waals surface area contributed by atoms with Crippen molar-refractivity contribution in [2.75, 3.05) is 13.6 Å². The van der Waals surface area contributed by atoms with Crippen LogP contribution in [0.25, 0.3) is 0 Å². The summed E-state index contributed by atoms with van der Waals surface area (Å²) in [6.45, 7) is 0.618. The number of carboxylic acid groups (broad SMARTS) is 1. The van der Waals surface area contributed by atoms with Gasteiger partial charge in [-0.1, -0.05) is 30.3 Å². The number of amides is 1. The molecule has 0 saturated carbocycles. The minimum Gasteiger partial charge on any atom is -0.465 e. The van der Waals surface area contributed by atoms with Crippen molar-refractivity contribution in [3.63, 3.8) is 0 Å². The van der Waals surface area contributed by atoms with Gasteiger partial charge in [0.25, 0.3) is 0 Å². The fourth-order valence-corrected chi connectivity index (χ4v) is 2.58. The van der Waals surface area contributed by atoms with Gasteiger partial charge in [0.15, 0.2) is 0 Å². The molecule has 4 heteroatoms. The summed E-state index contributed by atoms with van der Waals surface area (Å²) in [4.78, 5) is 12.8. The van der Waals surface area contributed by atoms with E-state index in [1.54, 1.807) is 4.90 Å². The third-order valence-electron chi connectivity index (χ3n) is 3.39. The Bertz CT molecular complexity index is 380. The van der Waals surface area contributed by atoms with E-state index in [1.807, 2.05) is 37.4 Å². The van der Waals surface area contributed by atoms with E-state index < -0.39 is 6.09 Å². The van der Waals surface area contributed by atoms with Crippen LogP contribution in [0.1, 0.15) is 24.4 Å². The van der Waals surface area contributed by atoms with Gasteiger partial charge < -0.3 is 10.4 Å². The Labute approximate surface area is 101 Å². The van der Waals surface area contributed by atoms with Gasteiger partial charge in [-0.05, 0) is 25.5 Å². The summed E-state index contributed by atoms with van der Waals surface area (Å²) in [6.07, 6.45) is 1.10. The molecule has 2 N–H and O–H groups in total. The molecule has 1 aliphatic rings. The topological polar surface area (TPSA) is 52.6 Å². The zero-order valence-corrected chi connectivity index (χ0v) is 9.97. The summed E-state index contributed by atoms with van der Waals surface area (Å²) >= 11 is 0. The first kappa shape index (κ1) is 11.9. The molecular weight excluding hydrogens is 216 g/mol. The number of hydrogen-bond donors (Lipinski definition) is 2. The van der Waals surface area contributed by atoms with E-state index in [0.717, 1.165) is 18.4 Å². The van der Waals surface area contributed by atoms with E-state index >= 15 is 0 Å². The van der Waals surface area contributed by atoms with Crippen LogP contribution in [-0.4, -0.2) is 35.7 Å². The molecule has 17 heavy (non-hydrogen) atoms. The van der Waals surface area contributed by atoms with E-state index in [9.17, 15) is 9.90 Å². The van der Waals surface area contributed by atoms with Crippen LogP contribution in [-0.2, 0) is 0 Å². The first-order valence-corrected chi connectivity index (χ1v) is 5.96. The van der Waals surface area contributed by atoms with Crippen LogP contribution < -0.4 is 5.32 Å². The molecule has 0 aliphatic carbocycles. The highest BCUT2D eigenvalue weighted by Gasteiger charge is 2.34. The fourth-order valence-electron chi connectivity index (χ4n) is 2.58. The Kier molecular flexibility index (Phi) is 3.64. The van der Waals surface area contributed by atoms with E-state index in [4.69, 9.17) is 0 Å². The second-order valence-electron chi connectivity index (χ2n) is 4.37. The quantitative estimate of drug-likeness (QED) is 0.823. The number of nitrogens with one attached hydrogen (secondary N) is 1. The normalized spacial score (nSPS) is 24.6. The minimum absolute atomic E-state index is 0.0764. The summed E-state index contributed by atoms with van der Waals surface area (Å²) in [6, 6.07) is 9.97. The summed E-state index contributed by atoms with van der Waals surface area (Å²) in [5, 5.41) is 12.5. The van der Waals surface area contributed by atoms with Crippen LogP contribution in [0.2, 0.25) is 0 Å². The minimum atomic E-state index is -0.834. The lowest BCUT2D eigenvalue weighted by Gasteiger charge is -2.40. The van der Waals surface area contributed by atoms with Crippen molar-refractivity contribution in [1.82, 2.24) is 10.2 Å². The Balaban J connectivity index is 2.32. The monoisotopic (exact) mass is 234 g/mol. The van der Waals surface area contributed by atoms with Crippen molar-refractivity contribution in [1.29, 1.82) is 0 Å². The number of nitrogens with zero attached hydrogens (tertiary/aromatic N) is 1. The van der Waals surface area contributed by atoms with Crippen LogP contribution >= 0.6 is 0 Å². The zero-order valence-electron chi connectivity index (χ0n) is 9.97. The summed E-state index contributed by atoms with van der Waals surface area (Å²) < 4.78 is 0. The number of likely N-dealkylation sites (tertiary alicyclic amines) is 1. The van der Waals surface area contributed by atoms with Crippen molar-refractivity contribution in [2.24, 2.45) is 0 Å². The molecule has 1 heterocycles. The zero-order chi connectivity index (χ0) is 12.3. The summed E-state index contributed by atoms with van der Waals surface area (Å²) in [7, 11) is 1.89. The average molecular weight is 234 g/mol. The lowest BCUT2D eigenvalue weighted by molar-refractivity contribution is 0.0911. The van der Waals surface area contributed by atoms with Crippen molar-refractivity contribution in [3.05, 3.63) is 35.9 Å². The molecule has 1 saturated heterocycles. The Morgan fingerprint density at radius 1 is 1.41 bits per heavy atom. The maximum atomic E-state index is 11.3. The van der Waals surface area contributed by atoms with E-state index in [2.05, 4.69) is 5.32 Å². The number of carbonyl (C=O) groups is 1. The third kappa shape index (κ3) is 2.42. The first-order valence-electron chi connectivity index (χ1n) is 5.96. The average Bonchev–Trinajstić information content (AvgIpc) is 2.38. The second kappa shape index (κ2) is 5.19. The Morgan fingerprint density at radius 2 is 2.12 bits per heavy atom. The molecule has 4 nitrogen and oxygen atoms in total. The molecule has 0 unspecified atom stereocenters. The molecule has 0 spiro atoms. The molecular formula is C13H18N2O2. The van der Waals surface area contributed by atoms with Crippen molar-refractivity contribution >= 4 is 6.09 Å². The maximum Gasteiger partial charge on any atom is 0.407 e. The number of piperidine rings is 1. The highest BCUT2D eigenvalue weighted by molar-refractivity contribution is 5.66. The number of rotatable bonds is 2. The van der Waals surface area contributed by atoms with Gasteiger partial charge in [0.05, 0.1) is 6.04 Å². The van der Waals surface area contributed by atoms with E-state index in [-0.39, 0.29) is 12.1 Å². The molecule has 1 amide bonds. The largest absolute Gasteiger partial charge is 0.465 e. The number of hydrogen-bond acceptors (Lipinski definition) is 2. The van der Waals surface area contributed by atoms with E-state index in [0.29, 0.717) is 6.54 Å². The molecule has 2 atom stereocenters. The van der Waals surface area contributed by atoms with Gasteiger partial charge in [0.1, 0.15) is 0 Å². The Hall–Kier alpha value is -1.55. The van der Waals surface area contributed by atoms with Crippen LogP contribution in [0.3, 0.4) is 0 Å². The molecule has 1 aliphatic heterocycles. The molecule has 0 aromatic heterocycles. The van der Waals surface area contributed by atoms with Gasteiger partial charge in [-0.3, -0.25) is 4.90 Å². The fraction of sp³-hybridized carbons (Fsp3) is 0.462. The molecule has 0 bridgehead atoms. The molecule has 0 radical (unpaired) electrons. The van der Waals surface area contributed by atoms with Crippen molar-refractivity contribution < 1.29 is 9.90 Å². The Morgan fingerprint density at radius 3 is 2.71 bits per heavy atom. The van der Waals surface area contributed by atoms with E-state index in [1.165, 1.54) is 0 Å². The summed E-state index contributed by atoms with van der Waals surface area (Å²) in [5.41, 5.74) is 1.06. The SMILES string of the molecule is CN[C@H]1CCCN(C(=O)O)[C@H]1c1ccccc1. The predicted octanol–water partition coefficient (Wildman–Crippen LogP) is 2.09. The van der Waals surface area contributed by atoms with Gasteiger partial charge in [-0.2, -0.15) is 0 Å². The predicted molar refractivity (Wildman–Crippen MR) is 66.0 cm³/mol. The summed E-state index contributed by atoms with van der Waals surface area (Å²) in [5.74, 6) is 0. The highest BCUT2D eigenvalue weighted by atomic mass is 16.4. The van der Waals surface area contributed by atoms with Crippen LogP contribution in [0.5, 0.6) is 0 Å². The molecule has 1 fully saturated rings. The maximum absolute atomic E-state index is 11.3. The lowest BCUT2D eigenvalue weighted by atomic mass is 9.91. The molecule has 2 rings (SSSR count). The van der Waals surface area contributed by atoms with Crippen molar-refractivity contribution in [2.45, 2.75) is 24.9 Å². The number of benzene rings is 1. The van der Waals surface area contributed by atoms with Crippen LogP contribution in [0.4, 0.5) is 4.79 Å². The molecule has 92 valence electrons. The third-order valence-corrected chi connectivity index (χ3v) is 3.39. The van der Waals surface area contributed by atoms with Crippen molar-refractivity contribution in [3.8, 4) is 0 Å². The van der Waals surface area contributed by atoms with Gasteiger partial charge in [-0.25, -0.2) is 4.79 Å². The number of likely N-dealkylation sites (N-methyl/N-ethyl adjacent to an activating group) is 1. The second-order valence-corrected chi connectivity index (χ2v) is 4.37.